The first-order valence-corrected chi connectivity index (χ1v) is 14.2. The first kappa shape index (κ1) is 31.7. The van der Waals surface area contributed by atoms with Gasteiger partial charge < -0.3 is 35.4 Å². The third-order valence-electron chi connectivity index (χ3n) is 7.41. The molecule has 17 heteroatoms. The first-order chi connectivity index (χ1) is 20.8. The summed E-state index contributed by atoms with van der Waals surface area (Å²) in [5, 5.41) is 2.63. The summed E-state index contributed by atoms with van der Waals surface area (Å²) in [6.07, 6.45) is 1.40. The number of nitrogen functional groups attached to an aromatic ring is 1. The summed E-state index contributed by atoms with van der Waals surface area (Å²) in [6, 6.07) is 0. The summed E-state index contributed by atoms with van der Waals surface area (Å²) in [5.74, 6) is 0.0523. The van der Waals surface area contributed by atoms with E-state index in [9.17, 15) is 23.2 Å². The van der Waals surface area contributed by atoms with E-state index in [-0.39, 0.29) is 47.6 Å². The van der Waals surface area contributed by atoms with E-state index in [0.717, 1.165) is 6.41 Å². The molecule has 4 heterocycles. The number of nitrogens with one attached hydrogen (secondary N) is 1. The Labute approximate surface area is 247 Å². The minimum Gasteiger partial charge on any atom is -0.378 e. The number of hydrogen-bond acceptors (Lipinski definition) is 12. The van der Waals surface area contributed by atoms with E-state index in [1.54, 1.807) is 16.8 Å². The van der Waals surface area contributed by atoms with Gasteiger partial charge in [-0.15, -0.1) is 0 Å². The van der Waals surface area contributed by atoms with Crippen molar-refractivity contribution < 1.29 is 27.9 Å². The fourth-order valence-corrected chi connectivity index (χ4v) is 5.01. The van der Waals surface area contributed by atoms with Gasteiger partial charge in [-0.2, -0.15) is 15.0 Å². The number of amides is 3. The molecule has 15 nitrogen and oxygen atoms in total. The fraction of sp³-hybridized carbons (Fsp3) is 0.615. The van der Waals surface area contributed by atoms with Crippen LogP contribution in [0, 0.1) is 5.92 Å². The highest BCUT2D eigenvalue weighted by molar-refractivity contribution is 5.78. The van der Waals surface area contributed by atoms with Gasteiger partial charge in [-0.1, -0.05) is 0 Å². The summed E-state index contributed by atoms with van der Waals surface area (Å²) in [4.78, 5) is 63.3. The number of aromatic nitrogens is 5. The van der Waals surface area contributed by atoms with Crippen LogP contribution in [0.5, 0.6) is 0 Å². The number of anilines is 3. The van der Waals surface area contributed by atoms with Crippen molar-refractivity contribution in [1.29, 1.82) is 0 Å². The quantitative estimate of drug-likeness (QED) is 0.217. The van der Waals surface area contributed by atoms with Gasteiger partial charge in [0.15, 0.2) is 5.82 Å². The van der Waals surface area contributed by atoms with Gasteiger partial charge in [0.25, 0.3) is 6.43 Å². The minimum absolute atomic E-state index is 0.0275. The van der Waals surface area contributed by atoms with Gasteiger partial charge in [0.2, 0.25) is 36.6 Å². The second-order valence-corrected chi connectivity index (χ2v) is 10.3. The second-order valence-electron chi connectivity index (χ2n) is 10.3. The molecule has 234 valence electrons. The number of morpholine rings is 1. The SMILES string of the molecule is CN(CCCN(CCNC=O)c1nc(-c2cnc(N)nc2C(F)F)nc(N2CCOCC2)n1)C(=O)C1CCN(C=O)CC1. The van der Waals surface area contributed by atoms with E-state index in [2.05, 4.69) is 30.2 Å². The lowest BCUT2D eigenvalue weighted by atomic mass is 9.95. The summed E-state index contributed by atoms with van der Waals surface area (Å²) in [7, 11) is 1.75. The van der Waals surface area contributed by atoms with Gasteiger partial charge in [-0.25, -0.2) is 18.7 Å². The van der Waals surface area contributed by atoms with Gasteiger partial charge in [0.1, 0.15) is 5.69 Å². The molecule has 2 aromatic heterocycles. The molecule has 2 aliphatic heterocycles. The summed E-state index contributed by atoms with van der Waals surface area (Å²) in [5.41, 5.74) is 4.92. The molecular formula is C26H37F2N11O4. The number of nitrogens with zero attached hydrogens (tertiary/aromatic N) is 9. The van der Waals surface area contributed by atoms with Crippen LogP contribution in [0.2, 0.25) is 0 Å². The predicted octanol–water partition coefficient (Wildman–Crippen LogP) is -0.0457. The Bertz CT molecular complexity index is 1240. The lowest BCUT2D eigenvalue weighted by Gasteiger charge is -2.31. The summed E-state index contributed by atoms with van der Waals surface area (Å²) < 4.78 is 33.3. The van der Waals surface area contributed by atoms with Gasteiger partial charge in [0, 0.05) is 71.5 Å². The molecule has 4 rings (SSSR count). The highest BCUT2D eigenvalue weighted by atomic mass is 19.3. The van der Waals surface area contributed by atoms with Crippen LogP contribution in [0.4, 0.5) is 26.6 Å². The van der Waals surface area contributed by atoms with Crippen LogP contribution in [0.3, 0.4) is 0 Å². The number of hydrogen-bond donors (Lipinski definition) is 2. The minimum atomic E-state index is -2.95. The van der Waals surface area contributed by atoms with E-state index < -0.39 is 12.1 Å². The van der Waals surface area contributed by atoms with E-state index in [1.807, 2.05) is 9.80 Å². The molecule has 0 spiro atoms. The predicted molar refractivity (Wildman–Crippen MR) is 152 cm³/mol. The van der Waals surface area contributed by atoms with Gasteiger partial charge in [0.05, 0.1) is 18.8 Å². The fourth-order valence-electron chi connectivity index (χ4n) is 5.01. The standard InChI is InChI=1S/C26H37F2N11O4/c1-36(23(42)18-3-8-37(17-41)9-4-18)6-2-7-38(10-5-30-16-40)25-33-22(19-15-31-24(29)32-20(19)21(27)28)34-26(35-25)39-11-13-43-14-12-39/h15-18,21H,2-14H2,1H3,(H,30,40)(H2,29,31,32). The maximum atomic E-state index is 13.9. The molecule has 0 saturated carbocycles. The van der Waals surface area contributed by atoms with Crippen molar-refractivity contribution >= 4 is 36.6 Å². The molecule has 43 heavy (non-hydrogen) atoms. The Morgan fingerprint density at radius 3 is 2.53 bits per heavy atom. The van der Waals surface area contributed by atoms with Crippen molar-refractivity contribution in [2.45, 2.75) is 25.7 Å². The molecule has 0 aromatic carbocycles. The smallest absolute Gasteiger partial charge is 0.281 e. The van der Waals surface area contributed by atoms with E-state index >= 15 is 0 Å². The normalized spacial score (nSPS) is 15.8. The number of alkyl halides is 2. The molecule has 2 fully saturated rings. The van der Waals surface area contributed by atoms with Gasteiger partial charge in [-0.3, -0.25) is 14.4 Å². The summed E-state index contributed by atoms with van der Waals surface area (Å²) >= 11 is 0. The molecule has 2 aromatic rings. The summed E-state index contributed by atoms with van der Waals surface area (Å²) in [6.45, 7) is 4.43. The Morgan fingerprint density at radius 1 is 1.12 bits per heavy atom. The molecule has 3 N–H and O–H groups in total. The number of nitrogens with two attached hydrogens (primary N) is 1. The molecule has 3 amide bonds. The van der Waals surface area contributed by atoms with E-state index in [0.29, 0.717) is 84.7 Å². The monoisotopic (exact) mass is 605 g/mol. The van der Waals surface area contributed by atoms with E-state index in [1.165, 1.54) is 6.20 Å². The van der Waals surface area contributed by atoms with Crippen molar-refractivity contribution in [1.82, 2.24) is 40.0 Å². The first-order valence-electron chi connectivity index (χ1n) is 14.2. The van der Waals surface area contributed by atoms with Crippen molar-refractivity contribution in [2.75, 3.05) is 88.2 Å². The zero-order valence-electron chi connectivity index (χ0n) is 24.1. The lowest BCUT2D eigenvalue weighted by Crippen LogP contribution is -2.42. The molecular weight excluding hydrogens is 568 g/mol. The Morgan fingerprint density at radius 2 is 1.86 bits per heavy atom. The number of likely N-dealkylation sites (tertiary alicyclic amines) is 1. The number of ether oxygens (including phenoxy) is 1. The zero-order valence-corrected chi connectivity index (χ0v) is 24.1. The van der Waals surface area contributed by atoms with Crippen LogP contribution in [0.1, 0.15) is 31.4 Å². The molecule has 0 atom stereocenters. The maximum absolute atomic E-state index is 13.9. The Kier molecular flexibility index (Phi) is 11.2. The van der Waals surface area contributed by atoms with Crippen molar-refractivity contribution in [3.63, 3.8) is 0 Å². The Hall–Kier alpha value is -4.28. The van der Waals surface area contributed by atoms with Crippen molar-refractivity contribution in [2.24, 2.45) is 5.92 Å². The van der Waals surface area contributed by atoms with Crippen molar-refractivity contribution in [3.05, 3.63) is 11.9 Å². The molecule has 0 aliphatic carbocycles. The zero-order chi connectivity index (χ0) is 30.8. The number of halogens is 2. The van der Waals surface area contributed by atoms with Crippen molar-refractivity contribution in [3.8, 4) is 11.4 Å². The van der Waals surface area contributed by atoms with Crippen LogP contribution in [-0.4, -0.2) is 126 Å². The average molecular weight is 606 g/mol. The lowest BCUT2D eigenvalue weighted by molar-refractivity contribution is -0.137. The third-order valence-corrected chi connectivity index (χ3v) is 7.41. The molecule has 2 aliphatic rings. The number of piperidine rings is 1. The van der Waals surface area contributed by atoms with Gasteiger partial charge in [-0.05, 0) is 19.3 Å². The maximum Gasteiger partial charge on any atom is 0.281 e. The average Bonchev–Trinajstić information content (AvgIpc) is 3.03. The number of rotatable bonds is 14. The highest BCUT2D eigenvalue weighted by Gasteiger charge is 2.27. The molecule has 0 bridgehead atoms. The molecule has 0 radical (unpaired) electrons. The Balaban J connectivity index is 1.57. The second kappa shape index (κ2) is 15.3. The molecule has 2 saturated heterocycles. The molecule has 0 unspecified atom stereocenters. The van der Waals surface area contributed by atoms with Crippen LogP contribution in [0.15, 0.2) is 6.20 Å². The van der Waals surface area contributed by atoms with E-state index in [4.69, 9.17) is 10.5 Å². The number of carbonyl (C=O) groups is 3. The van der Waals surface area contributed by atoms with Gasteiger partial charge >= 0.3 is 0 Å². The van der Waals surface area contributed by atoms with Crippen LogP contribution < -0.4 is 20.9 Å². The number of carbonyl (C=O) groups excluding carboxylic acids is 3. The van der Waals surface area contributed by atoms with Crippen LogP contribution in [0.25, 0.3) is 11.4 Å². The van der Waals surface area contributed by atoms with Crippen LogP contribution >= 0.6 is 0 Å². The van der Waals surface area contributed by atoms with Crippen LogP contribution in [-0.2, 0) is 19.1 Å². The topological polar surface area (TPSA) is 176 Å². The highest BCUT2D eigenvalue weighted by Crippen LogP contribution is 2.30. The third kappa shape index (κ3) is 8.39. The largest absolute Gasteiger partial charge is 0.378 e.